The van der Waals surface area contributed by atoms with Gasteiger partial charge in [0.25, 0.3) is 0 Å². The van der Waals surface area contributed by atoms with Crippen LogP contribution in [0.5, 0.6) is 5.75 Å². The van der Waals surface area contributed by atoms with Crippen molar-refractivity contribution < 1.29 is 9.84 Å². The molecule has 0 bridgehead atoms. The minimum atomic E-state index is 0.166. The highest BCUT2D eigenvalue weighted by molar-refractivity contribution is 5.37. The van der Waals surface area contributed by atoms with E-state index in [9.17, 15) is 5.11 Å². The van der Waals surface area contributed by atoms with Gasteiger partial charge in [0.2, 0.25) is 0 Å². The molecule has 1 saturated heterocycles. The Morgan fingerprint density at radius 3 is 2.73 bits per heavy atom. The van der Waals surface area contributed by atoms with Crippen LogP contribution in [0.4, 0.5) is 0 Å². The highest BCUT2D eigenvalue weighted by Crippen LogP contribution is 2.25. The van der Waals surface area contributed by atoms with Crippen LogP contribution < -0.4 is 5.32 Å². The first kappa shape index (κ1) is 10.5. The molecule has 0 saturated carbocycles. The van der Waals surface area contributed by atoms with Crippen molar-refractivity contribution in [2.24, 2.45) is 0 Å². The quantitative estimate of drug-likeness (QED) is 0.793. The maximum absolute atomic E-state index is 9.79. The molecule has 0 aliphatic carbocycles. The number of nitrogens with one attached hydrogen (secondary N) is 1. The van der Waals surface area contributed by atoms with Gasteiger partial charge in [-0.25, -0.2) is 0 Å². The Balaban J connectivity index is 2.06. The van der Waals surface area contributed by atoms with E-state index in [1.165, 1.54) is 0 Å². The molecule has 3 heteroatoms. The van der Waals surface area contributed by atoms with E-state index in [1.807, 2.05) is 19.1 Å². The Bertz CT molecular complexity index is 347. The molecule has 0 radical (unpaired) electrons. The minimum Gasteiger partial charge on any atom is -0.508 e. The van der Waals surface area contributed by atoms with Crippen LogP contribution in [0, 0.1) is 6.92 Å². The lowest BCUT2D eigenvalue weighted by molar-refractivity contribution is -0.00934. The first-order chi connectivity index (χ1) is 7.16. The van der Waals surface area contributed by atoms with Gasteiger partial charge >= 0.3 is 0 Å². The summed E-state index contributed by atoms with van der Waals surface area (Å²) in [5.74, 6) is 0.371. The molecule has 1 aliphatic heterocycles. The first-order valence-corrected chi connectivity index (χ1v) is 5.30. The maximum Gasteiger partial charge on any atom is 0.120 e. The molecule has 1 aromatic carbocycles. The van der Waals surface area contributed by atoms with Crippen LogP contribution in [0.3, 0.4) is 0 Å². The molecular weight excluding hydrogens is 190 g/mol. The van der Waals surface area contributed by atoms with Gasteiger partial charge in [0.05, 0.1) is 19.3 Å². The van der Waals surface area contributed by atoms with Gasteiger partial charge in [0, 0.05) is 11.6 Å². The average molecular weight is 207 g/mol. The number of benzene rings is 1. The normalized spacial score (nSPS) is 18.5. The molecule has 1 aromatic rings. The van der Waals surface area contributed by atoms with Crippen molar-refractivity contribution in [2.75, 3.05) is 13.2 Å². The van der Waals surface area contributed by atoms with Crippen LogP contribution >= 0.6 is 0 Å². The molecule has 1 aliphatic rings. The lowest BCUT2D eigenvalue weighted by Crippen LogP contribution is -2.46. The van der Waals surface area contributed by atoms with Crippen LogP contribution in [0.15, 0.2) is 18.2 Å². The Morgan fingerprint density at radius 1 is 1.47 bits per heavy atom. The molecule has 1 atom stereocenters. The molecular formula is C12H17NO2. The van der Waals surface area contributed by atoms with E-state index < -0.39 is 0 Å². The molecule has 0 aromatic heterocycles. The van der Waals surface area contributed by atoms with Crippen LogP contribution in [0.1, 0.15) is 24.1 Å². The van der Waals surface area contributed by atoms with E-state index in [0.29, 0.717) is 11.8 Å². The number of aromatic hydroxyl groups is 1. The summed E-state index contributed by atoms with van der Waals surface area (Å²) in [5.41, 5.74) is 2.03. The summed E-state index contributed by atoms with van der Waals surface area (Å²) in [5, 5.41) is 13.2. The second-order valence-electron chi connectivity index (χ2n) is 4.19. The monoisotopic (exact) mass is 207 g/mol. The van der Waals surface area contributed by atoms with Crippen molar-refractivity contribution in [1.82, 2.24) is 5.32 Å². The van der Waals surface area contributed by atoms with E-state index in [-0.39, 0.29) is 6.04 Å². The number of aryl methyl sites for hydroxylation is 1. The number of rotatable bonds is 3. The fourth-order valence-electron chi connectivity index (χ4n) is 1.80. The predicted molar refractivity (Wildman–Crippen MR) is 59.0 cm³/mol. The summed E-state index contributed by atoms with van der Waals surface area (Å²) < 4.78 is 5.10. The number of hydrogen-bond donors (Lipinski definition) is 2. The molecule has 1 heterocycles. The lowest BCUT2D eigenvalue weighted by Gasteiger charge is -2.30. The van der Waals surface area contributed by atoms with Gasteiger partial charge in [-0.2, -0.15) is 0 Å². The largest absolute Gasteiger partial charge is 0.508 e. The standard InChI is InChI=1S/C12H17NO2/c1-8-3-4-11(12(14)5-8)9(2)13-10-6-15-7-10/h3-5,9-10,13-14H,6-7H2,1-2H3. The van der Waals surface area contributed by atoms with Gasteiger partial charge in [-0.3, -0.25) is 0 Å². The zero-order valence-electron chi connectivity index (χ0n) is 9.16. The summed E-state index contributed by atoms with van der Waals surface area (Å²) in [6.45, 7) is 5.58. The second kappa shape index (κ2) is 4.21. The minimum absolute atomic E-state index is 0.166. The highest BCUT2D eigenvalue weighted by Gasteiger charge is 2.21. The smallest absolute Gasteiger partial charge is 0.120 e. The van der Waals surface area contributed by atoms with Gasteiger partial charge in [0.15, 0.2) is 0 Å². The zero-order valence-corrected chi connectivity index (χ0v) is 9.16. The summed E-state index contributed by atoms with van der Waals surface area (Å²) in [6, 6.07) is 6.39. The summed E-state index contributed by atoms with van der Waals surface area (Å²) in [7, 11) is 0. The third kappa shape index (κ3) is 2.30. The molecule has 15 heavy (non-hydrogen) atoms. The van der Waals surface area contributed by atoms with Gasteiger partial charge in [0.1, 0.15) is 5.75 Å². The van der Waals surface area contributed by atoms with E-state index in [0.717, 1.165) is 24.3 Å². The topological polar surface area (TPSA) is 41.5 Å². The van der Waals surface area contributed by atoms with Crippen molar-refractivity contribution in [2.45, 2.75) is 25.9 Å². The molecule has 2 N–H and O–H groups in total. The number of phenolic OH excluding ortho intramolecular Hbond substituents is 1. The third-order valence-electron chi connectivity index (χ3n) is 2.78. The van der Waals surface area contributed by atoms with E-state index in [2.05, 4.69) is 12.2 Å². The van der Waals surface area contributed by atoms with E-state index in [1.54, 1.807) is 6.07 Å². The summed E-state index contributed by atoms with van der Waals surface area (Å²) in [4.78, 5) is 0. The van der Waals surface area contributed by atoms with Gasteiger partial charge in [-0.1, -0.05) is 12.1 Å². The van der Waals surface area contributed by atoms with Crippen LogP contribution in [-0.2, 0) is 4.74 Å². The van der Waals surface area contributed by atoms with Crippen molar-refractivity contribution in [3.63, 3.8) is 0 Å². The van der Waals surface area contributed by atoms with Crippen molar-refractivity contribution in [1.29, 1.82) is 0 Å². The maximum atomic E-state index is 9.79. The molecule has 82 valence electrons. The van der Waals surface area contributed by atoms with Crippen molar-refractivity contribution >= 4 is 0 Å². The first-order valence-electron chi connectivity index (χ1n) is 5.30. The fourth-order valence-corrected chi connectivity index (χ4v) is 1.80. The Morgan fingerprint density at radius 2 is 2.20 bits per heavy atom. The van der Waals surface area contributed by atoms with E-state index in [4.69, 9.17) is 4.74 Å². The molecule has 1 fully saturated rings. The molecule has 3 nitrogen and oxygen atoms in total. The van der Waals surface area contributed by atoms with Gasteiger partial charge in [-0.05, 0) is 25.5 Å². The predicted octanol–water partition coefficient (Wildman–Crippen LogP) is 1.75. The number of hydrogen-bond acceptors (Lipinski definition) is 3. The highest BCUT2D eigenvalue weighted by atomic mass is 16.5. The Kier molecular flexibility index (Phi) is 2.93. The average Bonchev–Trinajstić information content (AvgIpc) is 2.11. The van der Waals surface area contributed by atoms with Gasteiger partial charge < -0.3 is 15.2 Å². The van der Waals surface area contributed by atoms with Crippen molar-refractivity contribution in [3.05, 3.63) is 29.3 Å². The lowest BCUT2D eigenvalue weighted by atomic mass is 10.0. The number of phenols is 1. The fraction of sp³-hybridized carbons (Fsp3) is 0.500. The summed E-state index contributed by atoms with van der Waals surface area (Å²) >= 11 is 0. The van der Waals surface area contributed by atoms with Crippen LogP contribution in [0.2, 0.25) is 0 Å². The molecule has 2 rings (SSSR count). The van der Waals surface area contributed by atoms with E-state index >= 15 is 0 Å². The zero-order chi connectivity index (χ0) is 10.8. The van der Waals surface area contributed by atoms with Crippen LogP contribution in [0.25, 0.3) is 0 Å². The van der Waals surface area contributed by atoms with Gasteiger partial charge in [-0.15, -0.1) is 0 Å². The molecule has 1 unspecified atom stereocenters. The van der Waals surface area contributed by atoms with Crippen LogP contribution in [-0.4, -0.2) is 24.4 Å². The number of ether oxygens (including phenoxy) is 1. The molecule has 0 amide bonds. The third-order valence-corrected chi connectivity index (χ3v) is 2.78. The Labute approximate surface area is 90.1 Å². The molecule has 0 spiro atoms. The van der Waals surface area contributed by atoms with Crippen molar-refractivity contribution in [3.8, 4) is 5.75 Å². The Hall–Kier alpha value is -1.06. The second-order valence-corrected chi connectivity index (χ2v) is 4.19. The SMILES string of the molecule is Cc1ccc(C(C)NC2COC2)c(O)c1. The summed E-state index contributed by atoms with van der Waals surface area (Å²) in [6.07, 6.45) is 0.